The van der Waals surface area contributed by atoms with Crippen molar-refractivity contribution in [3.8, 4) is 0 Å². The number of fused-ring (bicyclic) bond motifs is 1. The van der Waals surface area contributed by atoms with E-state index < -0.39 is 6.10 Å². The fourth-order valence-electron chi connectivity index (χ4n) is 4.12. The average molecular weight is 370 g/mol. The highest BCUT2D eigenvalue weighted by Gasteiger charge is 2.52. The Morgan fingerprint density at radius 1 is 1.21 bits per heavy atom. The van der Waals surface area contributed by atoms with Crippen LogP contribution in [0.15, 0.2) is 12.1 Å². The number of aliphatic hydroxyl groups is 1. The van der Waals surface area contributed by atoms with Crippen LogP contribution in [0.3, 0.4) is 0 Å². The molecular weight excluding hydrogens is 351 g/mol. The molecule has 4 unspecified atom stereocenters. The minimum absolute atomic E-state index is 0.109. The minimum atomic E-state index is -0.475. The van der Waals surface area contributed by atoms with Crippen LogP contribution in [0.2, 0.25) is 0 Å². The van der Waals surface area contributed by atoms with E-state index in [0.717, 1.165) is 36.0 Å². The number of ketones is 1. The van der Waals surface area contributed by atoms with Crippen molar-refractivity contribution < 1.29 is 9.90 Å². The number of Topliss-reactive ketones (excluding diaryl/α,β-unsaturated/α-hetero) is 1. The normalized spacial score (nSPS) is 33.8. The Labute approximate surface area is 127 Å². The van der Waals surface area contributed by atoms with Gasteiger partial charge in [-0.25, -0.2) is 0 Å². The average Bonchev–Trinajstić information content (AvgIpc) is 2.87. The summed E-state index contributed by atoms with van der Waals surface area (Å²) in [6, 6.07) is 4.22. The first kappa shape index (κ1) is 13.6. The van der Waals surface area contributed by atoms with Crippen LogP contribution in [-0.2, 0) is 4.79 Å². The summed E-state index contributed by atoms with van der Waals surface area (Å²) >= 11 is 2.30. The number of aliphatic hydroxyl groups excluding tert-OH is 1. The van der Waals surface area contributed by atoms with Gasteiger partial charge in [0.1, 0.15) is 5.78 Å². The highest BCUT2D eigenvalue weighted by atomic mass is 127. The van der Waals surface area contributed by atoms with Gasteiger partial charge in [-0.05, 0) is 84.0 Å². The van der Waals surface area contributed by atoms with Gasteiger partial charge in [0.05, 0.1) is 12.0 Å². The van der Waals surface area contributed by atoms with Gasteiger partial charge in [0.2, 0.25) is 0 Å². The number of carbonyl (C=O) groups excluding carboxylic acids is 1. The number of rotatable bonds is 1. The molecule has 0 heterocycles. The molecule has 0 amide bonds. The monoisotopic (exact) mass is 370 g/mol. The zero-order chi connectivity index (χ0) is 13.7. The predicted octanol–water partition coefficient (Wildman–Crippen LogP) is 3.35. The molecule has 0 aliphatic heterocycles. The van der Waals surface area contributed by atoms with Crippen molar-refractivity contribution in [3.05, 3.63) is 32.4 Å². The summed E-state index contributed by atoms with van der Waals surface area (Å²) in [6.07, 6.45) is 2.60. The van der Waals surface area contributed by atoms with Gasteiger partial charge >= 0.3 is 0 Å². The Morgan fingerprint density at radius 2 is 1.84 bits per heavy atom. The van der Waals surface area contributed by atoms with Crippen LogP contribution in [-0.4, -0.2) is 17.0 Å². The Hall–Kier alpha value is -0.420. The van der Waals surface area contributed by atoms with Gasteiger partial charge in [-0.3, -0.25) is 4.79 Å². The number of hydrogen-bond acceptors (Lipinski definition) is 2. The van der Waals surface area contributed by atoms with E-state index in [1.807, 2.05) is 0 Å². The van der Waals surface area contributed by atoms with Crippen molar-refractivity contribution in [2.24, 2.45) is 11.8 Å². The van der Waals surface area contributed by atoms with Crippen molar-refractivity contribution in [3.63, 3.8) is 0 Å². The molecule has 1 aromatic carbocycles. The lowest BCUT2D eigenvalue weighted by Gasteiger charge is -2.21. The predicted molar refractivity (Wildman–Crippen MR) is 83.2 cm³/mol. The second kappa shape index (κ2) is 4.85. The third-order valence-electron chi connectivity index (χ3n) is 4.89. The molecule has 0 spiro atoms. The summed E-state index contributed by atoms with van der Waals surface area (Å²) in [7, 11) is 0. The molecule has 3 heteroatoms. The van der Waals surface area contributed by atoms with Crippen LogP contribution < -0.4 is 0 Å². The molecule has 2 fully saturated rings. The van der Waals surface area contributed by atoms with E-state index in [1.54, 1.807) is 0 Å². The van der Waals surface area contributed by atoms with Gasteiger partial charge < -0.3 is 5.11 Å². The number of aryl methyl sites for hydroxylation is 2. The molecule has 0 bridgehead atoms. The summed E-state index contributed by atoms with van der Waals surface area (Å²) in [6.45, 7) is 4.11. The maximum atomic E-state index is 12.6. The first-order chi connectivity index (χ1) is 9.00. The lowest BCUT2D eigenvalue weighted by Crippen LogP contribution is -2.23. The second-order valence-electron chi connectivity index (χ2n) is 6.03. The zero-order valence-corrected chi connectivity index (χ0v) is 13.5. The van der Waals surface area contributed by atoms with E-state index >= 15 is 0 Å². The van der Waals surface area contributed by atoms with Crippen molar-refractivity contribution in [2.45, 2.75) is 45.1 Å². The standard InChI is InChI=1S/C16H19IO2/c1-8-6-10(17)7-9(2)13(8)14-15(18)11-4-3-5-12(11)16(14)19/h6-7,11-12,14-15,18H,3-5H2,1-2H3. The maximum Gasteiger partial charge on any atom is 0.146 e. The van der Waals surface area contributed by atoms with Crippen LogP contribution >= 0.6 is 22.6 Å². The van der Waals surface area contributed by atoms with Gasteiger partial charge in [0.15, 0.2) is 0 Å². The number of hydrogen-bond donors (Lipinski definition) is 1. The summed E-state index contributed by atoms with van der Waals surface area (Å²) in [5, 5.41) is 10.6. The third-order valence-corrected chi connectivity index (χ3v) is 5.51. The van der Waals surface area contributed by atoms with Crippen LogP contribution in [0.5, 0.6) is 0 Å². The molecule has 19 heavy (non-hydrogen) atoms. The smallest absolute Gasteiger partial charge is 0.146 e. The van der Waals surface area contributed by atoms with Crippen LogP contribution in [0.1, 0.15) is 41.9 Å². The molecular formula is C16H19IO2. The van der Waals surface area contributed by atoms with Gasteiger partial charge in [-0.15, -0.1) is 0 Å². The number of benzene rings is 1. The molecule has 0 saturated heterocycles. The van der Waals surface area contributed by atoms with E-state index in [2.05, 4.69) is 48.6 Å². The van der Waals surface area contributed by atoms with E-state index in [9.17, 15) is 9.90 Å². The topological polar surface area (TPSA) is 37.3 Å². The molecule has 2 nitrogen and oxygen atoms in total. The van der Waals surface area contributed by atoms with Gasteiger partial charge in [0.25, 0.3) is 0 Å². The lowest BCUT2D eigenvalue weighted by molar-refractivity contribution is -0.122. The van der Waals surface area contributed by atoms with Crippen LogP contribution in [0.4, 0.5) is 0 Å². The fraction of sp³-hybridized carbons (Fsp3) is 0.562. The third kappa shape index (κ3) is 2.05. The van der Waals surface area contributed by atoms with Crippen LogP contribution in [0.25, 0.3) is 0 Å². The van der Waals surface area contributed by atoms with E-state index in [1.165, 1.54) is 3.57 Å². The highest BCUT2D eigenvalue weighted by molar-refractivity contribution is 14.1. The summed E-state index contributed by atoms with van der Waals surface area (Å²) in [5.74, 6) is 0.309. The van der Waals surface area contributed by atoms with Crippen molar-refractivity contribution in [2.75, 3.05) is 0 Å². The Balaban J connectivity index is 2.06. The van der Waals surface area contributed by atoms with E-state index in [-0.39, 0.29) is 23.5 Å². The Morgan fingerprint density at radius 3 is 2.42 bits per heavy atom. The highest BCUT2D eigenvalue weighted by Crippen LogP contribution is 2.49. The summed E-state index contributed by atoms with van der Waals surface area (Å²) in [4.78, 5) is 12.6. The van der Waals surface area contributed by atoms with Crippen molar-refractivity contribution >= 4 is 28.4 Å². The maximum absolute atomic E-state index is 12.6. The van der Waals surface area contributed by atoms with Crippen molar-refractivity contribution in [1.82, 2.24) is 0 Å². The fourth-order valence-corrected chi connectivity index (χ4v) is 5.06. The molecule has 0 radical (unpaired) electrons. The van der Waals surface area contributed by atoms with E-state index in [0.29, 0.717) is 0 Å². The van der Waals surface area contributed by atoms with Gasteiger partial charge in [0, 0.05) is 9.49 Å². The molecule has 2 aliphatic rings. The number of carbonyl (C=O) groups is 1. The van der Waals surface area contributed by atoms with Crippen molar-refractivity contribution in [1.29, 1.82) is 0 Å². The zero-order valence-electron chi connectivity index (χ0n) is 11.3. The largest absolute Gasteiger partial charge is 0.392 e. The van der Waals surface area contributed by atoms with Crippen LogP contribution in [0, 0.1) is 29.3 Å². The summed E-state index contributed by atoms with van der Waals surface area (Å²) < 4.78 is 1.19. The molecule has 1 aromatic rings. The first-order valence-corrected chi connectivity index (χ1v) is 8.07. The minimum Gasteiger partial charge on any atom is -0.392 e. The summed E-state index contributed by atoms with van der Waals surface area (Å²) in [5.41, 5.74) is 3.36. The molecule has 1 N–H and O–H groups in total. The lowest BCUT2D eigenvalue weighted by atomic mass is 9.86. The molecule has 0 aromatic heterocycles. The quantitative estimate of drug-likeness (QED) is 0.770. The molecule has 102 valence electrons. The van der Waals surface area contributed by atoms with E-state index in [4.69, 9.17) is 0 Å². The Bertz CT molecular complexity index is 515. The SMILES string of the molecule is Cc1cc(I)cc(C)c1C1C(=O)C2CCCC2C1O. The first-order valence-electron chi connectivity index (χ1n) is 6.99. The molecule has 2 aliphatic carbocycles. The Kier molecular flexibility index (Phi) is 3.46. The second-order valence-corrected chi connectivity index (χ2v) is 7.27. The van der Waals surface area contributed by atoms with Gasteiger partial charge in [-0.2, -0.15) is 0 Å². The molecule has 4 atom stereocenters. The molecule has 3 rings (SSSR count). The number of halogens is 1. The van der Waals surface area contributed by atoms with Gasteiger partial charge in [-0.1, -0.05) is 6.42 Å². The molecule has 2 saturated carbocycles.